The predicted octanol–water partition coefficient (Wildman–Crippen LogP) is 4.97. The molecule has 1 saturated carbocycles. The molecule has 0 radical (unpaired) electrons. The maximum absolute atomic E-state index is 13.0. The minimum Gasteiger partial charge on any atom is -0.346 e. The molecule has 0 saturated heterocycles. The van der Waals surface area contributed by atoms with Gasteiger partial charge in [-0.2, -0.15) is 5.10 Å². The number of nitrogens with zero attached hydrogens (tertiary/aromatic N) is 2. The molecule has 3 rings (SSSR count). The van der Waals surface area contributed by atoms with E-state index in [2.05, 4.69) is 10.2 Å². The second-order valence-electron chi connectivity index (χ2n) is 7.69. The van der Waals surface area contributed by atoms with E-state index in [0.717, 1.165) is 62.0 Å². The first kappa shape index (κ1) is 19.6. The molecule has 0 unspecified atom stereocenters. The van der Waals surface area contributed by atoms with Crippen molar-refractivity contribution in [2.75, 3.05) is 13.6 Å². The molecule has 1 amide bonds. The second kappa shape index (κ2) is 9.67. The van der Waals surface area contributed by atoms with Crippen molar-refractivity contribution >= 4 is 5.91 Å². The molecule has 4 nitrogen and oxygen atoms in total. The van der Waals surface area contributed by atoms with E-state index < -0.39 is 0 Å². The normalized spacial score (nSPS) is 15.0. The van der Waals surface area contributed by atoms with Crippen LogP contribution in [0.3, 0.4) is 0 Å². The Balaban J connectivity index is 1.35. The highest BCUT2D eigenvalue weighted by molar-refractivity contribution is 5.78. The highest BCUT2D eigenvalue weighted by atomic mass is 19.1. The van der Waals surface area contributed by atoms with Crippen molar-refractivity contribution in [3.05, 3.63) is 41.8 Å². The lowest BCUT2D eigenvalue weighted by atomic mass is 9.88. The van der Waals surface area contributed by atoms with Crippen LogP contribution >= 0.6 is 0 Å². The van der Waals surface area contributed by atoms with Crippen LogP contribution in [-0.2, 0) is 11.2 Å². The molecule has 0 atom stereocenters. The zero-order valence-electron chi connectivity index (χ0n) is 16.2. The van der Waals surface area contributed by atoms with Crippen LogP contribution in [-0.4, -0.2) is 34.6 Å². The van der Waals surface area contributed by atoms with Gasteiger partial charge in [-0.1, -0.05) is 25.7 Å². The molecule has 1 aliphatic carbocycles. The fraction of sp³-hybridized carbons (Fsp3) is 0.545. The smallest absolute Gasteiger partial charge is 0.225 e. The molecular weight excluding hydrogens is 341 g/mol. The van der Waals surface area contributed by atoms with Crippen molar-refractivity contribution in [2.45, 2.75) is 57.8 Å². The van der Waals surface area contributed by atoms with E-state index in [-0.39, 0.29) is 11.7 Å². The summed E-state index contributed by atoms with van der Waals surface area (Å²) < 4.78 is 13.0. The van der Waals surface area contributed by atoms with Gasteiger partial charge in [0, 0.05) is 30.8 Å². The third kappa shape index (κ3) is 5.65. The van der Waals surface area contributed by atoms with E-state index in [1.807, 2.05) is 18.0 Å². The zero-order valence-corrected chi connectivity index (χ0v) is 16.2. The van der Waals surface area contributed by atoms with Gasteiger partial charge in [0.1, 0.15) is 5.82 Å². The number of carbonyl (C=O) groups excluding carboxylic acids is 1. The summed E-state index contributed by atoms with van der Waals surface area (Å²) >= 11 is 0. The van der Waals surface area contributed by atoms with Crippen molar-refractivity contribution < 1.29 is 9.18 Å². The summed E-state index contributed by atoms with van der Waals surface area (Å²) in [6.45, 7) is 0.846. The lowest BCUT2D eigenvalue weighted by Gasteiger charge is -2.26. The molecule has 0 bridgehead atoms. The first-order valence-electron chi connectivity index (χ1n) is 10.2. The van der Waals surface area contributed by atoms with Gasteiger partial charge in [-0.15, -0.1) is 0 Å². The van der Waals surface area contributed by atoms with E-state index in [1.165, 1.54) is 31.4 Å². The van der Waals surface area contributed by atoms with Gasteiger partial charge >= 0.3 is 0 Å². The average molecular weight is 372 g/mol. The topological polar surface area (TPSA) is 49.0 Å². The first-order chi connectivity index (χ1) is 13.1. The molecule has 1 N–H and O–H groups in total. The Morgan fingerprint density at radius 1 is 1.15 bits per heavy atom. The zero-order chi connectivity index (χ0) is 19.1. The molecule has 0 spiro atoms. The number of aromatic amines is 1. The van der Waals surface area contributed by atoms with Gasteiger partial charge in [-0.25, -0.2) is 4.39 Å². The summed E-state index contributed by atoms with van der Waals surface area (Å²) in [5.74, 6) is 0.368. The molecule has 1 heterocycles. The minimum absolute atomic E-state index is 0.235. The van der Waals surface area contributed by atoms with E-state index in [0.29, 0.717) is 5.91 Å². The van der Waals surface area contributed by atoms with Gasteiger partial charge in [0.2, 0.25) is 5.91 Å². The lowest BCUT2D eigenvalue weighted by molar-refractivity contribution is -0.135. The fourth-order valence-electron chi connectivity index (χ4n) is 3.87. The number of benzene rings is 1. The number of aryl methyl sites for hydroxylation is 1. The summed E-state index contributed by atoms with van der Waals surface area (Å²) in [6.07, 6.45) is 9.96. The highest BCUT2D eigenvalue weighted by Gasteiger charge is 2.23. The number of unbranched alkanes of at least 4 members (excludes halogenated alkanes) is 2. The summed E-state index contributed by atoms with van der Waals surface area (Å²) in [7, 11) is 1.95. The number of carbonyl (C=O) groups is 1. The average Bonchev–Trinajstić information content (AvgIpc) is 3.17. The standard InChI is InChI=1S/C22H30FN3O/c1-26(22(27)18-8-4-2-5-9-18)15-7-3-6-10-20-16-21(25-24-20)17-11-13-19(23)14-12-17/h11-14,16,18H,2-10,15H2,1H3,(H,24,25). The van der Waals surface area contributed by atoms with Crippen LogP contribution in [0.4, 0.5) is 4.39 Å². The Morgan fingerprint density at radius 2 is 1.89 bits per heavy atom. The molecule has 2 aromatic rings. The highest BCUT2D eigenvalue weighted by Crippen LogP contribution is 2.25. The largest absolute Gasteiger partial charge is 0.346 e. The van der Waals surface area contributed by atoms with Gasteiger partial charge in [0.15, 0.2) is 0 Å². The van der Waals surface area contributed by atoms with Gasteiger partial charge in [-0.3, -0.25) is 9.89 Å². The summed E-state index contributed by atoms with van der Waals surface area (Å²) in [6, 6.07) is 8.43. The van der Waals surface area contributed by atoms with Crippen molar-refractivity contribution in [2.24, 2.45) is 5.92 Å². The molecule has 1 aliphatic rings. The van der Waals surface area contributed by atoms with Crippen molar-refractivity contribution in [1.29, 1.82) is 0 Å². The number of rotatable bonds is 8. The van der Waals surface area contributed by atoms with Gasteiger partial charge in [-0.05, 0) is 62.4 Å². The van der Waals surface area contributed by atoms with E-state index >= 15 is 0 Å². The molecule has 0 aliphatic heterocycles. The SMILES string of the molecule is CN(CCCCCc1cc(-c2ccc(F)cc2)n[nH]1)C(=O)C1CCCCC1. The molecule has 146 valence electrons. The van der Waals surface area contributed by atoms with Crippen LogP contribution in [0, 0.1) is 11.7 Å². The van der Waals surface area contributed by atoms with Gasteiger partial charge in [0.05, 0.1) is 5.69 Å². The summed E-state index contributed by atoms with van der Waals surface area (Å²) in [5, 5.41) is 7.39. The van der Waals surface area contributed by atoms with Crippen LogP contribution in [0.1, 0.15) is 57.1 Å². The van der Waals surface area contributed by atoms with Crippen LogP contribution in [0.15, 0.2) is 30.3 Å². The fourth-order valence-corrected chi connectivity index (χ4v) is 3.87. The minimum atomic E-state index is -0.235. The number of halogens is 1. The molecule has 1 fully saturated rings. The van der Waals surface area contributed by atoms with E-state index in [1.54, 1.807) is 12.1 Å². The van der Waals surface area contributed by atoms with Crippen molar-refractivity contribution in [1.82, 2.24) is 15.1 Å². The number of hydrogen-bond acceptors (Lipinski definition) is 2. The molecule has 1 aromatic carbocycles. The van der Waals surface area contributed by atoms with E-state index in [9.17, 15) is 9.18 Å². The van der Waals surface area contributed by atoms with Crippen molar-refractivity contribution in [3.63, 3.8) is 0 Å². The second-order valence-corrected chi connectivity index (χ2v) is 7.69. The maximum atomic E-state index is 13.0. The predicted molar refractivity (Wildman–Crippen MR) is 106 cm³/mol. The number of aromatic nitrogens is 2. The molecule has 1 aromatic heterocycles. The first-order valence-corrected chi connectivity index (χ1v) is 10.2. The molecule has 5 heteroatoms. The quantitative estimate of drug-likeness (QED) is 0.666. The van der Waals surface area contributed by atoms with Gasteiger partial charge in [0.25, 0.3) is 0 Å². The van der Waals surface area contributed by atoms with Crippen LogP contribution in [0.2, 0.25) is 0 Å². The van der Waals surface area contributed by atoms with Crippen LogP contribution in [0.25, 0.3) is 11.3 Å². The Morgan fingerprint density at radius 3 is 2.63 bits per heavy atom. The van der Waals surface area contributed by atoms with Crippen LogP contribution < -0.4 is 0 Å². The lowest BCUT2D eigenvalue weighted by Crippen LogP contribution is -2.34. The van der Waals surface area contributed by atoms with Crippen molar-refractivity contribution in [3.8, 4) is 11.3 Å². The summed E-state index contributed by atoms with van der Waals surface area (Å²) in [4.78, 5) is 14.4. The number of nitrogens with one attached hydrogen (secondary N) is 1. The monoisotopic (exact) mass is 371 g/mol. The third-order valence-electron chi connectivity index (χ3n) is 5.54. The number of H-pyrrole nitrogens is 1. The number of amides is 1. The van der Waals surface area contributed by atoms with Crippen LogP contribution in [0.5, 0.6) is 0 Å². The summed E-state index contributed by atoms with van der Waals surface area (Å²) in [5.41, 5.74) is 2.87. The van der Waals surface area contributed by atoms with E-state index in [4.69, 9.17) is 0 Å². The Hall–Kier alpha value is -2.17. The number of hydrogen-bond donors (Lipinski definition) is 1. The Kier molecular flexibility index (Phi) is 7.02. The van der Waals surface area contributed by atoms with Gasteiger partial charge < -0.3 is 4.90 Å². The molecular formula is C22H30FN3O. The maximum Gasteiger partial charge on any atom is 0.225 e. The molecule has 27 heavy (non-hydrogen) atoms. The Labute approximate surface area is 161 Å². The third-order valence-corrected chi connectivity index (χ3v) is 5.54. The Bertz CT molecular complexity index is 719.